The number of para-hydroxylation sites is 1. The maximum absolute atomic E-state index is 12.2. The van der Waals surface area contributed by atoms with Crippen LogP contribution in [0, 0.1) is 6.92 Å². The summed E-state index contributed by atoms with van der Waals surface area (Å²) in [6.45, 7) is 2.99. The lowest BCUT2D eigenvalue weighted by atomic mass is 10.0. The van der Waals surface area contributed by atoms with E-state index in [1.165, 1.54) is 13.1 Å². The topological polar surface area (TPSA) is 117 Å². The Balaban J connectivity index is 1.91. The summed E-state index contributed by atoms with van der Waals surface area (Å²) in [5.74, 6) is -2.23. The van der Waals surface area contributed by atoms with Gasteiger partial charge in [-0.05, 0) is 26.0 Å². The third kappa shape index (κ3) is 3.64. The summed E-state index contributed by atoms with van der Waals surface area (Å²) in [5, 5.41) is 25.9. The minimum atomic E-state index is -1.18. The standard InChI is InChI=1S/C19H18N4O4/c1-11-15(13-8-21-23(10-13)14-6-4-3-5-7-14)9-20-16(17(11)24)18(25)22-12(2)19(26)27/h3-10,12,24H,1-2H3,(H,22,25)(H,26,27)/t12-/m0/s1. The van der Waals surface area contributed by atoms with Crippen LogP contribution in [-0.4, -0.2) is 42.9 Å². The molecule has 0 unspecified atom stereocenters. The first kappa shape index (κ1) is 18.1. The van der Waals surface area contributed by atoms with Crippen molar-refractivity contribution in [2.75, 3.05) is 0 Å². The Labute approximate surface area is 155 Å². The van der Waals surface area contributed by atoms with Crippen molar-refractivity contribution in [1.29, 1.82) is 0 Å². The number of rotatable bonds is 5. The van der Waals surface area contributed by atoms with Crippen molar-refractivity contribution in [2.24, 2.45) is 0 Å². The zero-order valence-electron chi connectivity index (χ0n) is 14.7. The molecule has 0 bridgehead atoms. The molecule has 1 atom stereocenters. The highest BCUT2D eigenvalue weighted by atomic mass is 16.4. The average molecular weight is 366 g/mol. The second kappa shape index (κ2) is 7.28. The number of aromatic nitrogens is 3. The second-order valence-electron chi connectivity index (χ2n) is 6.04. The number of amides is 1. The third-order valence-corrected chi connectivity index (χ3v) is 4.15. The number of nitrogens with zero attached hydrogens (tertiary/aromatic N) is 3. The Morgan fingerprint density at radius 2 is 1.89 bits per heavy atom. The van der Waals surface area contributed by atoms with Crippen LogP contribution in [0.25, 0.3) is 16.8 Å². The van der Waals surface area contributed by atoms with E-state index in [1.54, 1.807) is 24.0 Å². The minimum Gasteiger partial charge on any atom is -0.505 e. The van der Waals surface area contributed by atoms with E-state index in [0.29, 0.717) is 11.1 Å². The maximum atomic E-state index is 12.2. The first-order valence-electron chi connectivity index (χ1n) is 8.21. The van der Waals surface area contributed by atoms with Gasteiger partial charge in [0.25, 0.3) is 5.91 Å². The van der Waals surface area contributed by atoms with Crippen LogP contribution in [0.4, 0.5) is 0 Å². The van der Waals surface area contributed by atoms with Gasteiger partial charge in [-0.15, -0.1) is 0 Å². The van der Waals surface area contributed by atoms with Crippen molar-refractivity contribution in [1.82, 2.24) is 20.1 Å². The van der Waals surface area contributed by atoms with Gasteiger partial charge in [-0.2, -0.15) is 5.10 Å². The number of carbonyl (C=O) groups is 2. The molecule has 0 radical (unpaired) electrons. The molecule has 0 saturated heterocycles. The molecule has 3 rings (SSSR count). The normalized spacial score (nSPS) is 11.8. The van der Waals surface area contributed by atoms with Crippen LogP contribution >= 0.6 is 0 Å². The van der Waals surface area contributed by atoms with Crippen molar-refractivity contribution in [3.63, 3.8) is 0 Å². The molecule has 0 spiro atoms. The van der Waals surface area contributed by atoms with Crippen molar-refractivity contribution < 1.29 is 19.8 Å². The van der Waals surface area contributed by atoms with Gasteiger partial charge in [0.05, 0.1) is 11.9 Å². The lowest BCUT2D eigenvalue weighted by Crippen LogP contribution is -2.38. The van der Waals surface area contributed by atoms with Crippen LogP contribution < -0.4 is 5.32 Å². The van der Waals surface area contributed by atoms with Gasteiger partial charge in [0.15, 0.2) is 5.69 Å². The van der Waals surface area contributed by atoms with E-state index in [-0.39, 0.29) is 11.4 Å². The Kier molecular flexibility index (Phi) is 4.89. The number of carboxylic acids is 1. The Morgan fingerprint density at radius 1 is 1.19 bits per heavy atom. The van der Waals surface area contributed by atoms with Gasteiger partial charge in [-0.3, -0.25) is 9.59 Å². The molecule has 0 aliphatic rings. The quantitative estimate of drug-likeness (QED) is 0.637. The van der Waals surface area contributed by atoms with Gasteiger partial charge in [0.2, 0.25) is 0 Å². The fourth-order valence-corrected chi connectivity index (χ4v) is 2.56. The number of aliphatic carboxylic acids is 1. The molecular formula is C19H18N4O4. The number of aromatic hydroxyl groups is 1. The zero-order chi connectivity index (χ0) is 19.6. The summed E-state index contributed by atoms with van der Waals surface area (Å²) in [6, 6.07) is 8.45. The fraction of sp³-hybridized carbons (Fsp3) is 0.158. The predicted molar refractivity (Wildman–Crippen MR) is 97.8 cm³/mol. The molecule has 2 aromatic heterocycles. The minimum absolute atomic E-state index is 0.222. The Morgan fingerprint density at radius 3 is 2.56 bits per heavy atom. The molecule has 8 heteroatoms. The summed E-state index contributed by atoms with van der Waals surface area (Å²) in [5.41, 5.74) is 2.46. The lowest BCUT2D eigenvalue weighted by molar-refractivity contribution is -0.138. The lowest BCUT2D eigenvalue weighted by Gasteiger charge is -2.12. The van der Waals surface area contributed by atoms with E-state index >= 15 is 0 Å². The summed E-state index contributed by atoms with van der Waals surface area (Å²) in [6.07, 6.45) is 4.90. The summed E-state index contributed by atoms with van der Waals surface area (Å²) in [4.78, 5) is 27.0. The molecule has 1 aromatic carbocycles. The highest BCUT2D eigenvalue weighted by Crippen LogP contribution is 2.31. The molecule has 8 nitrogen and oxygen atoms in total. The number of hydrogen-bond acceptors (Lipinski definition) is 5. The summed E-state index contributed by atoms with van der Waals surface area (Å²) in [7, 11) is 0. The molecule has 2 heterocycles. The molecule has 3 aromatic rings. The SMILES string of the molecule is Cc1c(-c2cnn(-c3ccccc3)c2)cnc(C(=O)N[C@@H](C)C(=O)O)c1O. The van der Waals surface area contributed by atoms with Gasteiger partial charge < -0.3 is 15.5 Å². The second-order valence-corrected chi connectivity index (χ2v) is 6.04. The van der Waals surface area contributed by atoms with E-state index in [0.717, 1.165) is 11.3 Å². The van der Waals surface area contributed by atoms with Crippen LogP contribution in [0.3, 0.4) is 0 Å². The maximum Gasteiger partial charge on any atom is 0.325 e. The van der Waals surface area contributed by atoms with E-state index in [2.05, 4.69) is 15.4 Å². The number of carboxylic acid groups (broad SMARTS) is 1. The van der Waals surface area contributed by atoms with Crippen LogP contribution in [0.2, 0.25) is 0 Å². The van der Waals surface area contributed by atoms with Crippen LogP contribution in [0.5, 0.6) is 5.75 Å². The summed E-state index contributed by atoms with van der Waals surface area (Å²) < 4.78 is 1.70. The number of nitrogens with one attached hydrogen (secondary N) is 1. The summed E-state index contributed by atoms with van der Waals surface area (Å²) >= 11 is 0. The van der Waals surface area contributed by atoms with Crippen molar-refractivity contribution in [2.45, 2.75) is 19.9 Å². The van der Waals surface area contributed by atoms with Crippen LogP contribution in [-0.2, 0) is 4.79 Å². The molecule has 3 N–H and O–H groups in total. The largest absolute Gasteiger partial charge is 0.505 e. The first-order chi connectivity index (χ1) is 12.9. The van der Waals surface area contributed by atoms with E-state index in [1.807, 2.05) is 30.3 Å². The van der Waals surface area contributed by atoms with Gasteiger partial charge in [-0.25, -0.2) is 9.67 Å². The van der Waals surface area contributed by atoms with E-state index in [4.69, 9.17) is 5.11 Å². The third-order valence-electron chi connectivity index (χ3n) is 4.15. The van der Waals surface area contributed by atoms with Crippen LogP contribution in [0.1, 0.15) is 23.0 Å². The highest BCUT2D eigenvalue weighted by Gasteiger charge is 2.22. The monoisotopic (exact) mass is 366 g/mol. The van der Waals surface area contributed by atoms with Crippen molar-refractivity contribution in [3.05, 3.63) is 60.2 Å². The number of hydrogen-bond donors (Lipinski definition) is 3. The molecule has 0 saturated carbocycles. The Bertz CT molecular complexity index is 998. The van der Waals surface area contributed by atoms with Crippen LogP contribution in [0.15, 0.2) is 48.9 Å². The van der Waals surface area contributed by atoms with Gasteiger partial charge >= 0.3 is 5.97 Å². The van der Waals surface area contributed by atoms with Crippen molar-refractivity contribution in [3.8, 4) is 22.6 Å². The van der Waals surface area contributed by atoms with Gasteiger partial charge in [0, 0.05) is 29.1 Å². The van der Waals surface area contributed by atoms with Gasteiger partial charge in [-0.1, -0.05) is 18.2 Å². The molecular weight excluding hydrogens is 348 g/mol. The van der Waals surface area contributed by atoms with E-state index in [9.17, 15) is 14.7 Å². The van der Waals surface area contributed by atoms with Gasteiger partial charge in [0.1, 0.15) is 11.8 Å². The number of pyridine rings is 1. The predicted octanol–water partition coefficient (Wildman–Crippen LogP) is 2.15. The highest BCUT2D eigenvalue weighted by molar-refractivity contribution is 5.98. The molecule has 27 heavy (non-hydrogen) atoms. The smallest absolute Gasteiger partial charge is 0.325 e. The molecule has 1 amide bonds. The average Bonchev–Trinajstić information content (AvgIpc) is 3.14. The number of carbonyl (C=O) groups excluding carboxylic acids is 1. The molecule has 0 fully saturated rings. The Hall–Kier alpha value is -3.68. The first-order valence-corrected chi connectivity index (χ1v) is 8.21. The molecule has 138 valence electrons. The molecule has 0 aliphatic heterocycles. The molecule has 0 aliphatic carbocycles. The zero-order valence-corrected chi connectivity index (χ0v) is 14.7. The van der Waals surface area contributed by atoms with Crippen molar-refractivity contribution >= 4 is 11.9 Å². The van der Waals surface area contributed by atoms with E-state index < -0.39 is 17.9 Å². The number of benzene rings is 1. The fourth-order valence-electron chi connectivity index (χ4n) is 2.56.